The highest BCUT2D eigenvalue weighted by Gasteiger charge is 2.22. The molecule has 0 amide bonds. The summed E-state index contributed by atoms with van der Waals surface area (Å²) in [4.78, 5) is 16.7. The van der Waals surface area contributed by atoms with Gasteiger partial charge in [0.05, 0.1) is 35.8 Å². The van der Waals surface area contributed by atoms with Crippen molar-refractivity contribution in [3.05, 3.63) is 42.0 Å². The van der Waals surface area contributed by atoms with Gasteiger partial charge in [0, 0.05) is 5.39 Å². The first-order chi connectivity index (χ1) is 13.2. The predicted octanol–water partition coefficient (Wildman–Crippen LogP) is 5.36. The molecule has 1 aromatic carbocycles. The normalized spacial score (nSPS) is 11.0. The molecule has 0 fully saturated rings. The molecule has 0 saturated heterocycles. The number of fused-ring (bicyclic) bond motifs is 1. The van der Waals surface area contributed by atoms with E-state index in [0.29, 0.717) is 28.0 Å². The molecule has 0 aliphatic heterocycles. The Labute approximate surface area is 164 Å². The van der Waals surface area contributed by atoms with E-state index in [1.807, 2.05) is 13.8 Å². The molecule has 0 N–H and O–H groups in total. The number of hydrogen-bond donors (Lipinski definition) is 0. The van der Waals surface area contributed by atoms with E-state index in [2.05, 4.69) is 10.1 Å². The Kier molecular flexibility index (Phi) is 6.38. The number of rotatable bonds is 2. The van der Waals surface area contributed by atoms with Crippen molar-refractivity contribution in [3.63, 3.8) is 0 Å². The van der Waals surface area contributed by atoms with Crippen LogP contribution in [0, 0.1) is 12.7 Å². The van der Waals surface area contributed by atoms with Crippen molar-refractivity contribution in [2.75, 3.05) is 7.11 Å². The van der Waals surface area contributed by atoms with Gasteiger partial charge in [-0.3, -0.25) is 4.98 Å². The number of benzene rings is 1. The van der Waals surface area contributed by atoms with Gasteiger partial charge in [-0.25, -0.2) is 9.18 Å². The number of hydrogen-bond acceptors (Lipinski definition) is 5. The first-order valence-electron chi connectivity index (χ1n) is 9.13. The maximum atomic E-state index is 14.3. The third-order valence-corrected chi connectivity index (χ3v) is 3.77. The monoisotopic (exact) mass is 387 g/mol. The number of pyridine rings is 1. The van der Waals surface area contributed by atoms with Crippen molar-refractivity contribution in [1.82, 2.24) is 14.8 Å². The molecule has 0 saturated carbocycles. The SMILES string of the molecule is CC.COc1cccc(F)c1-c1cc2c(C)nn(C(=O)OC(C)(C)C)c2cn1. The summed E-state index contributed by atoms with van der Waals surface area (Å²) in [6.45, 7) is 11.1. The lowest BCUT2D eigenvalue weighted by molar-refractivity contribution is 0.0522. The third kappa shape index (κ3) is 4.30. The molecule has 2 aromatic heterocycles. The predicted molar refractivity (Wildman–Crippen MR) is 107 cm³/mol. The number of carbonyl (C=O) groups is 1. The van der Waals surface area contributed by atoms with Crippen LogP contribution in [0.3, 0.4) is 0 Å². The zero-order chi connectivity index (χ0) is 21.1. The highest BCUT2D eigenvalue weighted by molar-refractivity contribution is 5.91. The van der Waals surface area contributed by atoms with Gasteiger partial charge < -0.3 is 9.47 Å². The van der Waals surface area contributed by atoms with Crippen LogP contribution in [-0.4, -0.2) is 33.6 Å². The summed E-state index contributed by atoms with van der Waals surface area (Å²) in [7, 11) is 1.47. The third-order valence-electron chi connectivity index (χ3n) is 3.77. The number of ether oxygens (including phenoxy) is 2. The van der Waals surface area contributed by atoms with Crippen LogP contribution in [0.2, 0.25) is 0 Å². The number of aryl methyl sites for hydroxylation is 1. The Morgan fingerprint density at radius 2 is 1.89 bits per heavy atom. The summed E-state index contributed by atoms with van der Waals surface area (Å²) < 4.78 is 26.1. The van der Waals surface area contributed by atoms with Crippen LogP contribution < -0.4 is 4.74 Å². The molecule has 0 bridgehead atoms. The molecule has 0 spiro atoms. The van der Waals surface area contributed by atoms with Crippen molar-refractivity contribution in [2.24, 2.45) is 0 Å². The second-order valence-corrected chi connectivity index (χ2v) is 6.88. The minimum Gasteiger partial charge on any atom is -0.496 e. The highest BCUT2D eigenvalue weighted by atomic mass is 19.1. The van der Waals surface area contributed by atoms with E-state index in [1.54, 1.807) is 45.9 Å². The second kappa shape index (κ2) is 8.37. The number of nitrogens with zero attached hydrogens (tertiary/aromatic N) is 3. The van der Waals surface area contributed by atoms with Gasteiger partial charge in [-0.05, 0) is 45.9 Å². The largest absolute Gasteiger partial charge is 0.496 e. The average Bonchev–Trinajstić information content (AvgIpc) is 2.98. The molecule has 0 aliphatic rings. The summed E-state index contributed by atoms with van der Waals surface area (Å²) >= 11 is 0. The molecule has 2 heterocycles. The van der Waals surface area contributed by atoms with Crippen LogP contribution in [0.4, 0.5) is 9.18 Å². The molecule has 150 valence electrons. The maximum Gasteiger partial charge on any atom is 0.435 e. The molecule has 0 unspecified atom stereocenters. The van der Waals surface area contributed by atoms with Gasteiger partial charge in [0.1, 0.15) is 17.2 Å². The Morgan fingerprint density at radius 3 is 2.50 bits per heavy atom. The molecule has 0 aliphatic carbocycles. The number of methoxy groups -OCH3 is 1. The molecule has 3 rings (SSSR count). The van der Waals surface area contributed by atoms with Crippen LogP contribution in [0.5, 0.6) is 5.75 Å². The van der Waals surface area contributed by atoms with E-state index in [9.17, 15) is 9.18 Å². The van der Waals surface area contributed by atoms with Gasteiger partial charge >= 0.3 is 6.09 Å². The van der Waals surface area contributed by atoms with Crippen LogP contribution in [0.1, 0.15) is 40.3 Å². The van der Waals surface area contributed by atoms with Crippen molar-refractivity contribution in [2.45, 2.75) is 47.1 Å². The summed E-state index contributed by atoms with van der Waals surface area (Å²) in [5, 5.41) is 4.94. The lowest BCUT2D eigenvalue weighted by Crippen LogP contribution is -2.27. The fourth-order valence-electron chi connectivity index (χ4n) is 2.67. The van der Waals surface area contributed by atoms with E-state index >= 15 is 0 Å². The van der Waals surface area contributed by atoms with Gasteiger partial charge in [0.15, 0.2) is 0 Å². The van der Waals surface area contributed by atoms with E-state index in [4.69, 9.17) is 9.47 Å². The fraction of sp³-hybridized carbons (Fsp3) is 0.381. The summed E-state index contributed by atoms with van der Waals surface area (Å²) in [5.74, 6) is -0.0533. The molecular weight excluding hydrogens is 361 g/mol. The van der Waals surface area contributed by atoms with Crippen molar-refractivity contribution in [1.29, 1.82) is 0 Å². The van der Waals surface area contributed by atoms with E-state index in [0.717, 1.165) is 0 Å². The highest BCUT2D eigenvalue weighted by Crippen LogP contribution is 2.33. The Bertz CT molecular complexity index is 990. The van der Waals surface area contributed by atoms with Gasteiger partial charge in [-0.15, -0.1) is 0 Å². The maximum absolute atomic E-state index is 14.3. The molecule has 3 aromatic rings. The Hall–Kier alpha value is -2.96. The molecular formula is C21H26FN3O3. The van der Waals surface area contributed by atoms with Gasteiger partial charge in [0.25, 0.3) is 0 Å². The van der Waals surface area contributed by atoms with E-state index < -0.39 is 17.5 Å². The Morgan fingerprint density at radius 1 is 1.21 bits per heavy atom. The van der Waals surface area contributed by atoms with Gasteiger partial charge in [0.2, 0.25) is 0 Å². The van der Waals surface area contributed by atoms with Crippen molar-refractivity contribution >= 4 is 17.0 Å². The lowest BCUT2D eigenvalue weighted by Gasteiger charge is -2.19. The first kappa shape index (κ1) is 21.3. The zero-order valence-corrected chi connectivity index (χ0v) is 17.3. The van der Waals surface area contributed by atoms with E-state index in [1.165, 1.54) is 24.1 Å². The molecule has 0 radical (unpaired) electrons. The van der Waals surface area contributed by atoms with Gasteiger partial charge in [-0.2, -0.15) is 9.78 Å². The van der Waals surface area contributed by atoms with Crippen LogP contribution in [0.15, 0.2) is 30.5 Å². The first-order valence-corrected chi connectivity index (χ1v) is 9.13. The van der Waals surface area contributed by atoms with Crippen molar-refractivity contribution < 1.29 is 18.7 Å². The minimum atomic E-state index is -0.642. The standard InChI is InChI=1S/C19H20FN3O3.C2H6/c1-11-12-9-14(17-13(20)7-6-8-16(17)25-5)21-10-15(12)23(22-11)18(24)26-19(2,3)4;1-2/h6-10H,1-5H3;1-2H3. The van der Waals surface area contributed by atoms with Crippen LogP contribution >= 0.6 is 0 Å². The lowest BCUT2D eigenvalue weighted by atomic mass is 10.1. The van der Waals surface area contributed by atoms with E-state index in [-0.39, 0.29) is 5.56 Å². The summed E-state index contributed by atoms with van der Waals surface area (Å²) in [6, 6.07) is 6.28. The quantitative estimate of drug-likeness (QED) is 0.592. The van der Waals surface area contributed by atoms with Gasteiger partial charge in [-0.1, -0.05) is 19.9 Å². The zero-order valence-electron chi connectivity index (χ0n) is 17.3. The second-order valence-electron chi connectivity index (χ2n) is 6.88. The number of aromatic nitrogens is 3. The van der Waals surface area contributed by atoms with Crippen LogP contribution in [-0.2, 0) is 4.74 Å². The molecule has 6 nitrogen and oxygen atoms in total. The smallest absolute Gasteiger partial charge is 0.435 e. The fourth-order valence-corrected chi connectivity index (χ4v) is 2.67. The minimum absolute atomic E-state index is 0.265. The van der Waals surface area contributed by atoms with Crippen molar-refractivity contribution in [3.8, 4) is 17.0 Å². The molecule has 7 heteroatoms. The molecule has 0 atom stereocenters. The summed E-state index contributed by atoms with van der Waals surface area (Å²) in [6.07, 6.45) is 0.897. The number of halogens is 1. The number of carbonyl (C=O) groups excluding carboxylic acids is 1. The topological polar surface area (TPSA) is 66.2 Å². The molecule has 28 heavy (non-hydrogen) atoms. The Balaban J connectivity index is 0.00000136. The average molecular weight is 387 g/mol. The van der Waals surface area contributed by atoms with Crippen LogP contribution in [0.25, 0.3) is 22.2 Å². The summed E-state index contributed by atoms with van der Waals surface area (Å²) in [5.41, 5.74) is 1.14.